The van der Waals surface area contributed by atoms with Gasteiger partial charge in [0.2, 0.25) is 0 Å². The van der Waals surface area contributed by atoms with E-state index < -0.39 is 0 Å². The smallest absolute Gasteiger partial charge is 0.117 e. The van der Waals surface area contributed by atoms with E-state index in [0.29, 0.717) is 21.1 Å². The summed E-state index contributed by atoms with van der Waals surface area (Å²) in [6.07, 6.45) is 0. The van der Waals surface area contributed by atoms with Gasteiger partial charge < -0.3 is 5.32 Å². The first kappa shape index (κ1) is 16.6. The van der Waals surface area contributed by atoms with E-state index in [1.807, 2.05) is 56.3 Å². The molecule has 0 spiro atoms. The van der Waals surface area contributed by atoms with Crippen molar-refractivity contribution in [1.82, 2.24) is 4.98 Å². The Morgan fingerprint density at radius 2 is 1.96 bits per heavy atom. The summed E-state index contributed by atoms with van der Waals surface area (Å²) in [4.78, 5) is 4.62. The molecule has 2 aromatic carbocycles. The van der Waals surface area contributed by atoms with Crippen LogP contribution in [0.4, 0.5) is 11.4 Å². The van der Waals surface area contributed by atoms with Gasteiger partial charge in [-0.05, 0) is 30.9 Å². The van der Waals surface area contributed by atoms with Gasteiger partial charge in [-0.25, -0.2) is 4.98 Å². The van der Waals surface area contributed by atoms with Crippen molar-refractivity contribution in [3.8, 4) is 6.07 Å². The number of fused-ring (bicyclic) bond motifs is 1. The fourth-order valence-corrected chi connectivity index (χ4v) is 3.42. The van der Waals surface area contributed by atoms with E-state index in [2.05, 4.69) is 16.4 Å². The van der Waals surface area contributed by atoms with Gasteiger partial charge >= 0.3 is 0 Å². The molecule has 0 aliphatic carbocycles. The van der Waals surface area contributed by atoms with E-state index in [0.717, 1.165) is 22.5 Å². The highest BCUT2D eigenvalue weighted by molar-refractivity contribution is 7.99. The lowest BCUT2D eigenvalue weighted by Crippen LogP contribution is -2.00. The van der Waals surface area contributed by atoms with E-state index in [-0.39, 0.29) is 0 Å². The Bertz CT molecular complexity index is 930. The molecule has 0 amide bonds. The zero-order valence-electron chi connectivity index (χ0n) is 13.4. The van der Waals surface area contributed by atoms with Crippen LogP contribution in [0.2, 0.25) is 5.02 Å². The largest absolute Gasteiger partial charge is 0.354 e. The summed E-state index contributed by atoms with van der Waals surface area (Å²) >= 11 is 7.88. The number of thioether (sulfide) groups is 1. The Morgan fingerprint density at radius 1 is 1.21 bits per heavy atom. The van der Waals surface area contributed by atoms with Crippen LogP contribution in [0.15, 0.2) is 47.5 Å². The van der Waals surface area contributed by atoms with E-state index in [4.69, 9.17) is 11.6 Å². The number of aryl methyl sites for hydroxylation is 1. The van der Waals surface area contributed by atoms with Crippen LogP contribution in [0.3, 0.4) is 0 Å². The highest BCUT2D eigenvalue weighted by atomic mass is 35.5. The van der Waals surface area contributed by atoms with Crippen LogP contribution >= 0.6 is 23.4 Å². The Morgan fingerprint density at radius 3 is 2.62 bits per heavy atom. The SMILES string of the molecule is CCSc1nc2c(Cl)cccc2c(Nc2ccc(C)cc2)c1C#N. The molecule has 0 radical (unpaired) electrons. The third kappa shape index (κ3) is 3.19. The first-order chi connectivity index (χ1) is 11.6. The van der Waals surface area contributed by atoms with Crippen LogP contribution in [-0.4, -0.2) is 10.7 Å². The summed E-state index contributed by atoms with van der Waals surface area (Å²) in [6.45, 7) is 4.08. The molecule has 5 heteroatoms. The molecule has 1 aromatic heterocycles. The first-order valence-corrected chi connectivity index (χ1v) is 8.99. The molecular formula is C19H16ClN3S. The summed E-state index contributed by atoms with van der Waals surface area (Å²) < 4.78 is 0. The Hall–Kier alpha value is -2.22. The van der Waals surface area contributed by atoms with E-state index in [1.54, 1.807) is 11.8 Å². The number of nitrogens with one attached hydrogen (secondary N) is 1. The maximum absolute atomic E-state index is 9.70. The highest BCUT2D eigenvalue weighted by Gasteiger charge is 2.17. The van der Waals surface area contributed by atoms with Gasteiger partial charge in [0.1, 0.15) is 16.7 Å². The van der Waals surface area contributed by atoms with Gasteiger partial charge in [-0.15, -0.1) is 11.8 Å². The normalized spacial score (nSPS) is 10.6. The fourth-order valence-electron chi connectivity index (χ4n) is 2.49. The molecule has 0 saturated heterocycles. The zero-order chi connectivity index (χ0) is 17.1. The number of aromatic nitrogens is 1. The van der Waals surface area contributed by atoms with E-state index in [1.165, 1.54) is 5.56 Å². The molecule has 120 valence electrons. The first-order valence-electron chi connectivity index (χ1n) is 7.63. The van der Waals surface area contributed by atoms with E-state index >= 15 is 0 Å². The number of halogens is 1. The highest BCUT2D eigenvalue weighted by Crippen LogP contribution is 2.37. The second-order valence-corrected chi connectivity index (χ2v) is 7.00. The molecule has 24 heavy (non-hydrogen) atoms. The van der Waals surface area contributed by atoms with Crippen molar-refractivity contribution in [1.29, 1.82) is 5.26 Å². The molecule has 3 rings (SSSR count). The molecule has 0 saturated carbocycles. The van der Waals surface area contributed by atoms with Crippen molar-refractivity contribution in [2.24, 2.45) is 0 Å². The molecule has 3 nitrogen and oxygen atoms in total. The number of hydrogen-bond acceptors (Lipinski definition) is 4. The van der Waals surface area contributed by atoms with Crippen LogP contribution in [0.25, 0.3) is 10.9 Å². The number of para-hydroxylation sites is 1. The summed E-state index contributed by atoms with van der Waals surface area (Å²) in [7, 11) is 0. The Kier molecular flexibility index (Phi) is 4.94. The van der Waals surface area contributed by atoms with Crippen molar-refractivity contribution >= 4 is 45.6 Å². The zero-order valence-corrected chi connectivity index (χ0v) is 15.0. The summed E-state index contributed by atoms with van der Waals surface area (Å²) in [5.41, 5.74) is 4.13. The van der Waals surface area contributed by atoms with Crippen molar-refractivity contribution in [3.05, 3.63) is 58.6 Å². The van der Waals surface area contributed by atoms with Crippen LogP contribution in [0.5, 0.6) is 0 Å². The predicted molar refractivity (Wildman–Crippen MR) is 102 cm³/mol. The number of nitrogens with zero attached hydrogens (tertiary/aromatic N) is 2. The summed E-state index contributed by atoms with van der Waals surface area (Å²) in [5, 5.41) is 15.2. The Labute approximate surface area is 150 Å². The minimum atomic E-state index is 0.553. The van der Waals surface area contributed by atoms with Gasteiger partial charge in [-0.1, -0.05) is 48.4 Å². The van der Waals surface area contributed by atoms with Gasteiger partial charge in [0.15, 0.2) is 0 Å². The monoisotopic (exact) mass is 353 g/mol. The molecule has 0 atom stereocenters. The minimum Gasteiger partial charge on any atom is -0.354 e. The maximum Gasteiger partial charge on any atom is 0.117 e. The molecule has 0 fully saturated rings. The van der Waals surface area contributed by atoms with Gasteiger partial charge in [-0.3, -0.25) is 0 Å². The van der Waals surface area contributed by atoms with Crippen LogP contribution in [-0.2, 0) is 0 Å². The molecule has 1 N–H and O–H groups in total. The van der Waals surface area contributed by atoms with E-state index in [9.17, 15) is 5.26 Å². The average Bonchev–Trinajstić information content (AvgIpc) is 2.58. The molecule has 0 bridgehead atoms. The second kappa shape index (κ2) is 7.12. The number of nitriles is 1. The Balaban J connectivity index is 2.24. The number of hydrogen-bond donors (Lipinski definition) is 1. The summed E-state index contributed by atoms with van der Waals surface area (Å²) in [6, 6.07) is 16.0. The van der Waals surface area contributed by atoms with Crippen molar-refractivity contribution < 1.29 is 0 Å². The second-order valence-electron chi connectivity index (χ2n) is 5.34. The van der Waals surface area contributed by atoms with Crippen LogP contribution in [0, 0.1) is 18.3 Å². The third-order valence-corrected chi connectivity index (χ3v) is 4.81. The molecule has 0 aliphatic heterocycles. The van der Waals surface area contributed by atoms with Gasteiger partial charge in [0, 0.05) is 11.1 Å². The summed E-state index contributed by atoms with van der Waals surface area (Å²) in [5.74, 6) is 0.835. The van der Waals surface area contributed by atoms with Crippen molar-refractivity contribution in [3.63, 3.8) is 0 Å². The van der Waals surface area contributed by atoms with Crippen LogP contribution < -0.4 is 5.32 Å². The van der Waals surface area contributed by atoms with Gasteiger partial charge in [0.05, 0.1) is 16.2 Å². The number of pyridine rings is 1. The quantitative estimate of drug-likeness (QED) is 0.591. The third-order valence-electron chi connectivity index (χ3n) is 3.65. The number of anilines is 2. The molecule has 0 aliphatic rings. The molecular weight excluding hydrogens is 338 g/mol. The van der Waals surface area contributed by atoms with Crippen molar-refractivity contribution in [2.75, 3.05) is 11.1 Å². The average molecular weight is 354 g/mol. The number of benzene rings is 2. The van der Waals surface area contributed by atoms with Gasteiger partial charge in [0.25, 0.3) is 0 Å². The maximum atomic E-state index is 9.70. The standard InChI is InChI=1S/C19H16ClN3S/c1-3-24-19-15(11-21)17(22-13-9-7-12(2)8-10-13)14-5-4-6-16(20)18(14)23-19/h4-10H,3H2,1-2H3,(H,22,23). The van der Waals surface area contributed by atoms with Gasteiger partial charge in [-0.2, -0.15) is 5.26 Å². The lowest BCUT2D eigenvalue weighted by molar-refractivity contribution is 1.16. The van der Waals surface area contributed by atoms with Crippen LogP contribution in [0.1, 0.15) is 18.1 Å². The molecule has 1 heterocycles. The minimum absolute atomic E-state index is 0.553. The lowest BCUT2D eigenvalue weighted by atomic mass is 10.1. The fraction of sp³-hybridized carbons (Fsp3) is 0.158. The molecule has 3 aromatic rings. The predicted octanol–water partition coefficient (Wildman–Crippen LogP) is 5.92. The lowest BCUT2D eigenvalue weighted by Gasteiger charge is -2.15. The van der Waals surface area contributed by atoms with Crippen molar-refractivity contribution in [2.45, 2.75) is 18.9 Å². The topological polar surface area (TPSA) is 48.7 Å². The molecule has 0 unspecified atom stereocenters. The number of rotatable bonds is 4.